The molecule has 1 aliphatic heterocycles. The van der Waals surface area contributed by atoms with Crippen molar-refractivity contribution in [2.24, 2.45) is 0 Å². The van der Waals surface area contributed by atoms with Gasteiger partial charge in [-0.25, -0.2) is 4.79 Å². The first-order valence-corrected chi connectivity index (χ1v) is 6.87. The highest BCUT2D eigenvalue weighted by molar-refractivity contribution is 6.30. The smallest absolute Gasteiger partial charge is 0.335 e. The van der Waals surface area contributed by atoms with Crippen LogP contribution in [0.15, 0.2) is 42.5 Å². The fourth-order valence-electron chi connectivity index (χ4n) is 2.58. The van der Waals surface area contributed by atoms with Gasteiger partial charge in [0.1, 0.15) is 0 Å². The van der Waals surface area contributed by atoms with Crippen LogP contribution in [0.5, 0.6) is 0 Å². The average molecular weight is 288 g/mol. The van der Waals surface area contributed by atoms with Gasteiger partial charge >= 0.3 is 5.97 Å². The molecule has 102 valence electrons. The molecule has 0 saturated heterocycles. The molecular weight excluding hydrogens is 274 g/mol. The number of carboxylic acids is 1. The highest BCUT2D eigenvalue weighted by Gasteiger charge is 2.20. The Morgan fingerprint density at radius 2 is 1.95 bits per heavy atom. The third kappa shape index (κ3) is 2.49. The van der Waals surface area contributed by atoms with E-state index in [1.54, 1.807) is 12.1 Å². The van der Waals surface area contributed by atoms with E-state index >= 15 is 0 Å². The summed E-state index contributed by atoms with van der Waals surface area (Å²) in [6.45, 7) is 1.73. The second-order valence-electron chi connectivity index (χ2n) is 4.95. The molecule has 4 heteroatoms. The minimum absolute atomic E-state index is 0.358. The van der Waals surface area contributed by atoms with Gasteiger partial charge in [-0.1, -0.05) is 23.7 Å². The third-order valence-corrected chi connectivity index (χ3v) is 3.86. The van der Waals surface area contributed by atoms with E-state index < -0.39 is 5.97 Å². The molecule has 0 amide bonds. The maximum atomic E-state index is 11.0. The van der Waals surface area contributed by atoms with E-state index in [-0.39, 0.29) is 0 Å². The SMILES string of the molecule is O=C(O)c1ccc2c(c1)CCN2Cc1ccc(Cl)cc1. The van der Waals surface area contributed by atoms with Crippen molar-refractivity contribution in [3.05, 3.63) is 64.2 Å². The number of carbonyl (C=O) groups is 1. The van der Waals surface area contributed by atoms with E-state index in [1.165, 1.54) is 5.56 Å². The van der Waals surface area contributed by atoms with Crippen LogP contribution < -0.4 is 4.90 Å². The van der Waals surface area contributed by atoms with Crippen LogP contribution in [0.1, 0.15) is 21.5 Å². The van der Waals surface area contributed by atoms with Crippen molar-refractivity contribution in [2.45, 2.75) is 13.0 Å². The number of halogens is 1. The number of aromatic carboxylic acids is 1. The molecule has 20 heavy (non-hydrogen) atoms. The molecule has 0 radical (unpaired) electrons. The largest absolute Gasteiger partial charge is 0.478 e. The zero-order valence-electron chi connectivity index (χ0n) is 10.8. The molecule has 1 heterocycles. The molecule has 2 aromatic carbocycles. The van der Waals surface area contributed by atoms with Crippen LogP contribution in [0.2, 0.25) is 5.02 Å². The van der Waals surface area contributed by atoms with Gasteiger partial charge in [-0.3, -0.25) is 0 Å². The molecule has 0 aromatic heterocycles. The van der Waals surface area contributed by atoms with Gasteiger partial charge in [-0.15, -0.1) is 0 Å². The fourth-order valence-corrected chi connectivity index (χ4v) is 2.70. The van der Waals surface area contributed by atoms with Crippen molar-refractivity contribution in [1.29, 1.82) is 0 Å². The fraction of sp³-hybridized carbons (Fsp3) is 0.188. The summed E-state index contributed by atoms with van der Waals surface area (Å²) in [5.74, 6) is -0.871. The van der Waals surface area contributed by atoms with Gasteiger partial charge in [0.15, 0.2) is 0 Å². The zero-order valence-corrected chi connectivity index (χ0v) is 11.6. The van der Waals surface area contributed by atoms with Crippen LogP contribution in [0.4, 0.5) is 5.69 Å². The number of benzene rings is 2. The van der Waals surface area contributed by atoms with Crippen LogP contribution >= 0.6 is 11.6 Å². The molecule has 0 atom stereocenters. The topological polar surface area (TPSA) is 40.5 Å². The Hall–Kier alpha value is -2.00. The quantitative estimate of drug-likeness (QED) is 0.938. The molecule has 0 spiro atoms. The normalized spacial score (nSPS) is 13.3. The molecule has 1 N–H and O–H groups in total. The van der Waals surface area contributed by atoms with Crippen molar-refractivity contribution in [1.82, 2.24) is 0 Å². The number of carboxylic acid groups (broad SMARTS) is 1. The summed E-state index contributed by atoms with van der Waals surface area (Å²) in [5, 5.41) is 9.75. The lowest BCUT2D eigenvalue weighted by Crippen LogP contribution is -2.19. The summed E-state index contributed by atoms with van der Waals surface area (Å²) in [6.07, 6.45) is 0.893. The summed E-state index contributed by atoms with van der Waals surface area (Å²) in [7, 11) is 0. The molecule has 0 bridgehead atoms. The van der Waals surface area contributed by atoms with Crippen molar-refractivity contribution in [3.8, 4) is 0 Å². The molecule has 3 rings (SSSR count). The van der Waals surface area contributed by atoms with Crippen LogP contribution in [-0.4, -0.2) is 17.6 Å². The first-order chi connectivity index (χ1) is 9.63. The van der Waals surface area contributed by atoms with Crippen LogP contribution in [0.3, 0.4) is 0 Å². The molecular formula is C16H14ClNO2. The Bertz CT molecular complexity index is 652. The maximum Gasteiger partial charge on any atom is 0.335 e. The minimum atomic E-state index is -0.871. The lowest BCUT2D eigenvalue weighted by atomic mass is 10.1. The highest BCUT2D eigenvalue weighted by atomic mass is 35.5. The van der Waals surface area contributed by atoms with Gasteiger partial charge in [0.05, 0.1) is 5.56 Å². The van der Waals surface area contributed by atoms with Crippen molar-refractivity contribution in [3.63, 3.8) is 0 Å². The van der Waals surface area contributed by atoms with E-state index in [2.05, 4.69) is 4.90 Å². The second-order valence-corrected chi connectivity index (χ2v) is 5.38. The Morgan fingerprint density at radius 3 is 2.65 bits per heavy atom. The summed E-state index contributed by atoms with van der Waals surface area (Å²) in [4.78, 5) is 13.2. The lowest BCUT2D eigenvalue weighted by Gasteiger charge is -2.19. The number of nitrogens with zero attached hydrogens (tertiary/aromatic N) is 1. The van der Waals surface area contributed by atoms with Gasteiger partial charge in [0.2, 0.25) is 0 Å². The molecule has 0 saturated carbocycles. The number of hydrogen-bond acceptors (Lipinski definition) is 2. The van der Waals surface area contributed by atoms with Crippen molar-refractivity contribution in [2.75, 3.05) is 11.4 Å². The van der Waals surface area contributed by atoms with Crippen molar-refractivity contribution < 1.29 is 9.90 Å². The average Bonchev–Trinajstić information content (AvgIpc) is 2.84. The number of anilines is 1. The molecule has 1 aliphatic rings. The van der Waals surface area contributed by atoms with Crippen LogP contribution in [0.25, 0.3) is 0 Å². The monoisotopic (exact) mass is 287 g/mol. The number of rotatable bonds is 3. The van der Waals surface area contributed by atoms with E-state index in [0.717, 1.165) is 35.8 Å². The molecule has 2 aromatic rings. The Balaban J connectivity index is 1.82. The van der Waals surface area contributed by atoms with Gasteiger partial charge < -0.3 is 10.0 Å². The van der Waals surface area contributed by atoms with E-state index in [4.69, 9.17) is 16.7 Å². The number of fused-ring (bicyclic) bond motifs is 1. The predicted molar refractivity (Wildman–Crippen MR) is 79.6 cm³/mol. The summed E-state index contributed by atoms with van der Waals surface area (Å²) < 4.78 is 0. The highest BCUT2D eigenvalue weighted by Crippen LogP contribution is 2.30. The first kappa shape index (κ1) is 13.0. The van der Waals surface area contributed by atoms with Gasteiger partial charge in [-0.2, -0.15) is 0 Å². The molecule has 3 nitrogen and oxygen atoms in total. The second kappa shape index (κ2) is 5.17. The van der Waals surface area contributed by atoms with Crippen molar-refractivity contribution >= 4 is 23.3 Å². The van der Waals surface area contributed by atoms with Gasteiger partial charge in [0.25, 0.3) is 0 Å². The predicted octanol–water partition coefficient (Wildman–Crippen LogP) is 3.60. The Labute approximate surface area is 122 Å². The molecule has 0 unspecified atom stereocenters. The van der Waals surface area contributed by atoms with Gasteiger partial charge in [0, 0.05) is 23.8 Å². The summed E-state index contributed by atoms with van der Waals surface area (Å²) >= 11 is 5.89. The van der Waals surface area contributed by atoms with Crippen LogP contribution in [0, 0.1) is 0 Å². The molecule has 0 fully saturated rings. The maximum absolute atomic E-state index is 11.0. The van der Waals surface area contributed by atoms with E-state index in [1.807, 2.05) is 30.3 Å². The zero-order chi connectivity index (χ0) is 14.1. The van der Waals surface area contributed by atoms with E-state index in [0.29, 0.717) is 5.56 Å². The summed E-state index contributed by atoms with van der Waals surface area (Å²) in [6, 6.07) is 13.2. The Kier molecular flexibility index (Phi) is 3.36. The molecule has 0 aliphatic carbocycles. The number of hydrogen-bond donors (Lipinski definition) is 1. The lowest BCUT2D eigenvalue weighted by molar-refractivity contribution is 0.0697. The van der Waals surface area contributed by atoms with Gasteiger partial charge in [-0.05, 0) is 47.9 Å². The summed E-state index contributed by atoms with van der Waals surface area (Å²) in [5.41, 5.74) is 3.80. The first-order valence-electron chi connectivity index (χ1n) is 6.49. The standard InChI is InChI=1S/C16H14ClNO2/c17-14-4-1-11(2-5-14)10-18-8-7-12-9-13(16(19)20)3-6-15(12)18/h1-6,9H,7-8,10H2,(H,19,20). The minimum Gasteiger partial charge on any atom is -0.478 e. The van der Waals surface area contributed by atoms with E-state index in [9.17, 15) is 4.79 Å². The third-order valence-electron chi connectivity index (χ3n) is 3.60. The van der Waals surface area contributed by atoms with Crippen LogP contribution in [-0.2, 0) is 13.0 Å². The Morgan fingerprint density at radius 1 is 1.20 bits per heavy atom.